The summed E-state index contributed by atoms with van der Waals surface area (Å²) in [6.45, 7) is 11.6. The monoisotopic (exact) mass is 185 g/mol. The zero-order valence-corrected chi connectivity index (χ0v) is 10.2. The molecule has 0 aliphatic rings. The van der Waals surface area contributed by atoms with Gasteiger partial charge in [-0.25, -0.2) is 0 Å². The fraction of sp³-hybridized carbons (Fsp3) is 1.00. The predicted molar refractivity (Wildman–Crippen MR) is 60.9 cm³/mol. The van der Waals surface area contributed by atoms with Crippen LogP contribution in [0.5, 0.6) is 0 Å². The molecule has 1 N–H and O–H groups in total. The van der Waals surface area contributed by atoms with Crippen molar-refractivity contribution in [2.75, 3.05) is 7.05 Å². The van der Waals surface area contributed by atoms with Crippen LogP contribution in [0.15, 0.2) is 0 Å². The molecule has 13 heavy (non-hydrogen) atoms. The van der Waals surface area contributed by atoms with E-state index in [9.17, 15) is 0 Å². The molecule has 0 bridgehead atoms. The summed E-state index contributed by atoms with van der Waals surface area (Å²) >= 11 is 0. The lowest BCUT2D eigenvalue weighted by Gasteiger charge is -2.27. The molecule has 0 heterocycles. The zero-order valence-electron chi connectivity index (χ0n) is 10.2. The summed E-state index contributed by atoms with van der Waals surface area (Å²) in [4.78, 5) is 0. The van der Waals surface area contributed by atoms with Crippen LogP contribution in [0.25, 0.3) is 0 Å². The molecule has 0 aromatic rings. The van der Waals surface area contributed by atoms with Crippen molar-refractivity contribution in [3.8, 4) is 0 Å². The SMILES string of the molecule is CCC(C)C(CC(C)C(C)C)NC. The Morgan fingerprint density at radius 1 is 1.00 bits per heavy atom. The lowest BCUT2D eigenvalue weighted by molar-refractivity contribution is 0.283. The van der Waals surface area contributed by atoms with Gasteiger partial charge in [0.1, 0.15) is 0 Å². The molecule has 1 heteroatoms. The van der Waals surface area contributed by atoms with E-state index in [1.165, 1.54) is 12.8 Å². The topological polar surface area (TPSA) is 12.0 Å². The van der Waals surface area contributed by atoms with Gasteiger partial charge in [0, 0.05) is 6.04 Å². The first-order valence-electron chi connectivity index (χ1n) is 5.70. The summed E-state index contributed by atoms with van der Waals surface area (Å²) in [5.74, 6) is 2.43. The van der Waals surface area contributed by atoms with Crippen LogP contribution in [-0.2, 0) is 0 Å². The quantitative estimate of drug-likeness (QED) is 0.669. The fourth-order valence-electron chi connectivity index (χ4n) is 1.59. The Labute approximate surface area is 84.3 Å². The molecule has 0 amide bonds. The van der Waals surface area contributed by atoms with Crippen molar-refractivity contribution in [1.29, 1.82) is 0 Å². The molecule has 0 aromatic heterocycles. The largest absolute Gasteiger partial charge is 0.317 e. The van der Waals surface area contributed by atoms with E-state index in [2.05, 4.69) is 47.0 Å². The maximum Gasteiger partial charge on any atom is 0.00922 e. The smallest absolute Gasteiger partial charge is 0.00922 e. The number of nitrogens with one attached hydrogen (secondary N) is 1. The average Bonchev–Trinajstić information content (AvgIpc) is 2.12. The fourth-order valence-corrected chi connectivity index (χ4v) is 1.59. The van der Waals surface area contributed by atoms with E-state index < -0.39 is 0 Å². The lowest BCUT2D eigenvalue weighted by Crippen LogP contribution is -2.34. The van der Waals surface area contributed by atoms with Gasteiger partial charge in [-0.05, 0) is 31.2 Å². The zero-order chi connectivity index (χ0) is 10.4. The van der Waals surface area contributed by atoms with Crippen LogP contribution in [0, 0.1) is 17.8 Å². The molecule has 1 nitrogen and oxygen atoms in total. The molecule has 0 aliphatic carbocycles. The van der Waals surface area contributed by atoms with Gasteiger partial charge in [-0.1, -0.05) is 41.0 Å². The first kappa shape index (κ1) is 13.0. The van der Waals surface area contributed by atoms with Gasteiger partial charge in [0.05, 0.1) is 0 Å². The van der Waals surface area contributed by atoms with Crippen LogP contribution >= 0.6 is 0 Å². The third-order valence-corrected chi connectivity index (χ3v) is 3.47. The summed E-state index contributed by atoms with van der Waals surface area (Å²) in [5.41, 5.74) is 0. The van der Waals surface area contributed by atoms with Gasteiger partial charge < -0.3 is 5.32 Å². The third kappa shape index (κ3) is 4.66. The maximum atomic E-state index is 3.44. The highest BCUT2D eigenvalue weighted by Gasteiger charge is 2.18. The highest BCUT2D eigenvalue weighted by Crippen LogP contribution is 2.21. The van der Waals surface area contributed by atoms with E-state index in [0.717, 1.165) is 17.8 Å². The second kappa shape index (κ2) is 6.42. The highest BCUT2D eigenvalue weighted by atomic mass is 14.9. The van der Waals surface area contributed by atoms with Gasteiger partial charge in [0.25, 0.3) is 0 Å². The third-order valence-electron chi connectivity index (χ3n) is 3.47. The Bertz CT molecular complexity index is 120. The van der Waals surface area contributed by atoms with Crippen LogP contribution in [-0.4, -0.2) is 13.1 Å². The summed E-state index contributed by atoms with van der Waals surface area (Å²) in [7, 11) is 2.09. The first-order chi connectivity index (χ1) is 6.02. The number of hydrogen-bond acceptors (Lipinski definition) is 1. The minimum Gasteiger partial charge on any atom is -0.317 e. The van der Waals surface area contributed by atoms with Crippen molar-refractivity contribution in [1.82, 2.24) is 5.32 Å². The number of hydrogen-bond donors (Lipinski definition) is 1. The van der Waals surface area contributed by atoms with E-state index in [1.807, 2.05) is 0 Å². The predicted octanol–water partition coefficient (Wildman–Crippen LogP) is 3.30. The van der Waals surface area contributed by atoms with Crippen molar-refractivity contribution in [2.45, 2.75) is 53.5 Å². The minimum absolute atomic E-state index is 0.697. The Kier molecular flexibility index (Phi) is 6.40. The summed E-state index contributed by atoms with van der Waals surface area (Å²) in [6, 6.07) is 0.697. The van der Waals surface area contributed by atoms with Gasteiger partial charge in [-0.15, -0.1) is 0 Å². The van der Waals surface area contributed by atoms with Gasteiger partial charge in [0.15, 0.2) is 0 Å². The Balaban J connectivity index is 3.97. The first-order valence-corrected chi connectivity index (χ1v) is 5.70. The Morgan fingerprint density at radius 2 is 1.54 bits per heavy atom. The van der Waals surface area contributed by atoms with Crippen molar-refractivity contribution >= 4 is 0 Å². The molecule has 0 fully saturated rings. The van der Waals surface area contributed by atoms with Crippen LogP contribution in [0.1, 0.15) is 47.5 Å². The minimum atomic E-state index is 0.697. The maximum absolute atomic E-state index is 3.44. The summed E-state index contributed by atoms with van der Waals surface area (Å²) < 4.78 is 0. The van der Waals surface area contributed by atoms with Crippen LogP contribution < -0.4 is 5.32 Å². The molecular weight excluding hydrogens is 158 g/mol. The van der Waals surface area contributed by atoms with Gasteiger partial charge in [-0.3, -0.25) is 0 Å². The van der Waals surface area contributed by atoms with E-state index in [1.54, 1.807) is 0 Å². The standard InChI is InChI=1S/C12H27N/c1-7-10(4)12(13-6)8-11(5)9(2)3/h9-13H,7-8H2,1-6H3. The lowest BCUT2D eigenvalue weighted by atomic mass is 9.86. The summed E-state index contributed by atoms with van der Waals surface area (Å²) in [6.07, 6.45) is 2.58. The molecule has 80 valence electrons. The molecular formula is C12H27N. The molecule has 0 spiro atoms. The van der Waals surface area contributed by atoms with Crippen LogP contribution in [0.3, 0.4) is 0 Å². The molecule has 0 aromatic carbocycles. The molecule has 0 rings (SSSR count). The molecule has 0 radical (unpaired) electrons. The average molecular weight is 185 g/mol. The molecule has 3 atom stereocenters. The normalized spacial score (nSPS) is 18.7. The van der Waals surface area contributed by atoms with Gasteiger partial charge in [0.2, 0.25) is 0 Å². The summed E-state index contributed by atoms with van der Waals surface area (Å²) in [5, 5.41) is 3.44. The van der Waals surface area contributed by atoms with Crippen molar-refractivity contribution < 1.29 is 0 Å². The molecule has 3 unspecified atom stereocenters. The van der Waals surface area contributed by atoms with Crippen LogP contribution in [0.2, 0.25) is 0 Å². The van der Waals surface area contributed by atoms with Crippen molar-refractivity contribution in [2.24, 2.45) is 17.8 Å². The van der Waals surface area contributed by atoms with E-state index in [-0.39, 0.29) is 0 Å². The van der Waals surface area contributed by atoms with E-state index in [0.29, 0.717) is 6.04 Å². The Hall–Kier alpha value is -0.0400. The van der Waals surface area contributed by atoms with Gasteiger partial charge >= 0.3 is 0 Å². The number of rotatable bonds is 6. The van der Waals surface area contributed by atoms with Crippen molar-refractivity contribution in [3.05, 3.63) is 0 Å². The van der Waals surface area contributed by atoms with E-state index >= 15 is 0 Å². The van der Waals surface area contributed by atoms with Gasteiger partial charge in [-0.2, -0.15) is 0 Å². The second-order valence-corrected chi connectivity index (χ2v) is 4.74. The highest BCUT2D eigenvalue weighted by molar-refractivity contribution is 4.74. The van der Waals surface area contributed by atoms with Crippen molar-refractivity contribution in [3.63, 3.8) is 0 Å². The Morgan fingerprint density at radius 3 is 1.85 bits per heavy atom. The molecule has 0 saturated carbocycles. The van der Waals surface area contributed by atoms with Crippen LogP contribution in [0.4, 0.5) is 0 Å². The molecule has 0 saturated heterocycles. The van der Waals surface area contributed by atoms with E-state index in [4.69, 9.17) is 0 Å². The molecule has 0 aliphatic heterocycles. The second-order valence-electron chi connectivity index (χ2n) is 4.74.